The molecule has 0 bridgehead atoms. The smallest absolute Gasteiger partial charge is 0.227 e. The molecule has 1 saturated heterocycles. The maximum Gasteiger partial charge on any atom is 0.227 e. The van der Waals surface area contributed by atoms with Gasteiger partial charge in [-0.25, -0.2) is 4.39 Å². The van der Waals surface area contributed by atoms with Crippen molar-refractivity contribution >= 4 is 24.0 Å². The largest absolute Gasteiger partial charge is 0.489 e. The van der Waals surface area contributed by atoms with Crippen LogP contribution in [0.4, 0.5) is 10.1 Å². The van der Waals surface area contributed by atoms with Gasteiger partial charge in [0.25, 0.3) is 0 Å². The lowest BCUT2D eigenvalue weighted by Crippen LogP contribution is -2.48. The lowest BCUT2D eigenvalue weighted by atomic mass is 9.88. The molecule has 1 aliphatic rings. The number of hydrogen-bond acceptors (Lipinski definition) is 3. The van der Waals surface area contributed by atoms with Gasteiger partial charge in [-0.1, -0.05) is 6.92 Å². The second-order valence-corrected chi connectivity index (χ2v) is 5.50. The number of benzene rings is 1. The number of halogens is 2. The quantitative estimate of drug-likeness (QED) is 0.878. The summed E-state index contributed by atoms with van der Waals surface area (Å²) >= 11 is 0. The summed E-state index contributed by atoms with van der Waals surface area (Å²) in [7, 11) is 0. The third-order valence-corrected chi connectivity index (χ3v) is 3.50. The van der Waals surface area contributed by atoms with Crippen molar-refractivity contribution in [3.05, 3.63) is 24.0 Å². The summed E-state index contributed by atoms with van der Waals surface area (Å²) < 4.78 is 18.9. The maximum absolute atomic E-state index is 13.4. The lowest BCUT2D eigenvalue weighted by molar-refractivity contribution is -0.121. The van der Waals surface area contributed by atoms with Gasteiger partial charge in [0.05, 0.1) is 11.8 Å². The lowest BCUT2D eigenvalue weighted by Gasteiger charge is -2.31. The molecular weight excluding hydrogens is 295 g/mol. The fraction of sp³-hybridized carbons (Fsp3) is 0.533. The van der Waals surface area contributed by atoms with E-state index in [1.807, 2.05) is 20.8 Å². The van der Waals surface area contributed by atoms with E-state index in [9.17, 15) is 9.18 Å². The molecule has 1 unspecified atom stereocenters. The first-order chi connectivity index (χ1) is 9.47. The minimum absolute atomic E-state index is 0. The number of carbonyl (C=O) groups is 1. The van der Waals surface area contributed by atoms with Crippen molar-refractivity contribution in [3.8, 4) is 5.75 Å². The molecule has 0 aliphatic carbocycles. The summed E-state index contributed by atoms with van der Waals surface area (Å²) in [6.07, 6.45) is -0.0376. The number of ether oxygens (including phenoxy) is 1. The molecule has 0 radical (unpaired) electrons. The van der Waals surface area contributed by atoms with E-state index in [1.165, 1.54) is 12.1 Å². The second kappa shape index (κ2) is 7.61. The molecule has 0 saturated carbocycles. The highest BCUT2D eigenvalue weighted by Crippen LogP contribution is 2.28. The van der Waals surface area contributed by atoms with E-state index in [4.69, 9.17) is 4.74 Å². The standard InChI is InChI=1S/C15H21FN2O2.ClH/c1-9(2)20-14-5-4-12(16)6-13(14)18-15(19)10(3)11-7-17-8-11;/h4-6,9-11,17H,7-8H2,1-3H3,(H,18,19);1H. The predicted octanol–water partition coefficient (Wildman–Crippen LogP) is 2.83. The number of hydrogen-bond donors (Lipinski definition) is 2. The van der Waals surface area contributed by atoms with Gasteiger partial charge in [-0.05, 0) is 45.0 Å². The van der Waals surface area contributed by atoms with Crippen molar-refractivity contribution in [2.75, 3.05) is 18.4 Å². The van der Waals surface area contributed by atoms with E-state index in [2.05, 4.69) is 10.6 Å². The average molecular weight is 317 g/mol. The van der Waals surface area contributed by atoms with Crippen molar-refractivity contribution in [1.29, 1.82) is 0 Å². The van der Waals surface area contributed by atoms with E-state index in [1.54, 1.807) is 6.07 Å². The number of anilines is 1. The summed E-state index contributed by atoms with van der Waals surface area (Å²) in [6, 6.07) is 4.16. The average Bonchev–Trinajstić information content (AvgIpc) is 2.29. The van der Waals surface area contributed by atoms with Gasteiger partial charge in [0.1, 0.15) is 11.6 Å². The van der Waals surface area contributed by atoms with Gasteiger partial charge in [-0.15, -0.1) is 12.4 Å². The van der Waals surface area contributed by atoms with E-state index in [0.29, 0.717) is 17.4 Å². The third kappa shape index (κ3) is 4.58. The Labute approximate surface area is 130 Å². The molecule has 1 fully saturated rings. The molecule has 21 heavy (non-hydrogen) atoms. The Kier molecular flexibility index (Phi) is 6.42. The minimum atomic E-state index is -0.394. The molecule has 1 aromatic rings. The molecule has 4 nitrogen and oxygen atoms in total. The van der Waals surface area contributed by atoms with Crippen molar-refractivity contribution in [2.24, 2.45) is 11.8 Å². The van der Waals surface area contributed by atoms with E-state index in [-0.39, 0.29) is 30.3 Å². The second-order valence-electron chi connectivity index (χ2n) is 5.50. The van der Waals surface area contributed by atoms with Crippen molar-refractivity contribution in [1.82, 2.24) is 5.32 Å². The van der Waals surface area contributed by atoms with Crippen LogP contribution in [0.2, 0.25) is 0 Å². The Hall–Kier alpha value is -1.33. The van der Waals surface area contributed by atoms with E-state index >= 15 is 0 Å². The van der Waals surface area contributed by atoms with Crippen LogP contribution < -0.4 is 15.4 Å². The summed E-state index contributed by atoms with van der Waals surface area (Å²) in [5, 5.41) is 5.92. The normalized spacial score (nSPS) is 15.9. The van der Waals surface area contributed by atoms with Crippen molar-refractivity contribution in [2.45, 2.75) is 26.9 Å². The Morgan fingerprint density at radius 3 is 2.57 bits per heavy atom. The SMILES string of the molecule is CC(C)Oc1ccc(F)cc1NC(=O)C(C)C1CNC1.Cl. The van der Waals surface area contributed by atoms with Gasteiger partial charge in [-0.3, -0.25) is 4.79 Å². The highest BCUT2D eigenvalue weighted by atomic mass is 35.5. The first kappa shape index (κ1) is 17.7. The Bertz CT molecular complexity index is 493. The molecule has 1 heterocycles. The van der Waals surface area contributed by atoms with Gasteiger partial charge < -0.3 is 15.4 Å². The third-order valence-electron chi connectivity index (χ3n) is 3.50. The van der Waals surface area contributed by atoms with E-state index in [0.717, 1.165) is 13.1 Å². The first-order valence-corrected chi connectivity index (χ1v) is 6.95. The van der Waals surface area contributed by atoms with Crippen LogP contribution >= 0.6 is 12.4 Å². The fourth-order valence-corrected chi connectivity index (χ4v) is 2.08. The molecule has 1 aliphatic heterocycles. The van der Waals surface area contributed by atoms with Crippen molar-refractivity contribution < 1.29 is 13.9 Å². The number of rotatable bonds is 5. The van der Waals surface area contributed by atoms with E-state index < -0.39 is 5.82 Å². The van der Waals surface area contributed by atoms with Crippen LogP contribution in [0.1, 0.15) is 20.8 Å². The summed E-state index contributed by atoms with van der Waals surface area (Å²) in [4.78, 5) is 12.2. The van der Waals surface area contributed by atoms with Crippen LogP contribution in [0, 0.1) is 17.7 Å². The summed E-state index contributed by atoms with van der Waals surface area (Å²) in [5.41, 5.74) is 0.392. The minimum Gasteiger partial charge on any atom is -0.489 e. The zero-order valence-electron chi connectivity index (χ0n) is 12.5. The van der Waals surface area contributed by atoms with Gasteiger partial charge in [0, 0.05) is 12.0 Å². The molecule has 118 valence electrons. The van der Waals surface area contributed by atoms with Gasteiger partial charge in [-0.2, -0.15) is 0 Å². The summed E-state index contributed by atoms with van der Waals surface area (Å²) in [6.45, 7) is 7.37. The van der Waals surface area contributed by atoms with Crippen LogP contribution in [-0.2, 0) is 4.79 Å². The molecule has 0 spiro atoms. The number of nitrogens with one attached hydrogen (secondary N) is 2. The molecule has 2 N–H and O–H groups in total. The maximum atomic E-state index is 13.4. The monoisotopic (exact) mass is 316 g/mol. The first-order valence-electron chi connectivity index (χ1n) is 6.95. The topological polar surface area (TPSA) is 50.4 Å². The highest BCUT2D eigenvalue weighted by Gasteiger charge is 2.29. The zero-order valence-corrected chi connectivity index (χ0v) is 13.3. The Morgan fingerprint density at radius 1 is 1.38 bits per heavy atom. The fourth-order valence-electron chi connectivity index (χ4n) is 2.08. The Morgan fingerprint density at radius 2 is 2.05 bits per heavy atom. The highest BCUT2D eigenvalue weighted by molar-refractivity contribution is 5.94. The van der Waals surface area contributed by atoms with Crippen LogP contribution in [0.3, 0.4) is 0 Å². The van der Waals surface area contributed by atoms with Crippen LogP contribution in [0.25, 0.3) is 0 Å². The van der Waals surface area contributed by atoms with Gasteiger partial charge in [0.15, 0.2) is 0 Å². The number of carbonyl (C=O) groups excluding carboxylic acids is 1. The molecule has 6 heteroatoms. The molecule has 0 aromatic heterocycles. The van der Waals surface area contributed by atoms with Crippen LogP contribution in [0.15, 0.2) is 18.2 Å². The molecule has 2 rings (SSSR count). The van der Waals surface area contributed by atoms with Gasteiger partial charge in [0.2, 0.25) is 5.91 Å². The zero-order chi connectivity index (χ0) is 14.7. The van der Waals surface area contributed by atoms with Crippen LogP contribution in [0.5, 0.6) is 5.75 Å². The molecule has 1 aromatic carbocycles. The molecular formula is C15H22ClFN2O2. The predicted molar refractivity (Wildman–Crippen MR) is 83.6 cm³/mol. The number of amides is 1. The van der Waals surface area contributed by atoms with Crippen molar-refractivity contribution in [3.63, 3.8) is 0 Å². The molecule has 1 atom stereocenters. The Balaban J connectivity index is 0.00000220. The van der Waals surface area contributed by atoms with Gasteiger partial charge >= 0.3 is 0 Å². The van der Waals surface area contributed by atoms with Crippen LogP contribution in [-0.4, -0.2) is 25.1 Å². The summed E-state index contributed by atoms with van der Waals surface area (Å²) in [5.74, 6) is 0.239. The molecule has 1 amide bonds.